The Kier molecular flexibility index (Phi) is 8.92. The summed E-state index contributed by atoms with van der Waals surface area (Å²) in [6.07, 6.45) is 7.78. The summed E-state index contributed by atoms with van der Waals surface area (Å²) in [6, 6.07) is 9.18. The van der Waals surface area contributed by atoms with E-state index in [-0.39, 0.29) is 27.2 Å². The van der Waals surface area contributed by atoms with E-state index in [1.807, 2.05) is 25.9 Å². The van der Waals surface area contributed by atoms with Gasteiger partial charge in [-0.15, -0.1) is 0 Å². The van der Waals surface area contributed by atoms with E-state index in [1.165, 1.54) is 29.7 Å². The summed E-state index contributed by atoms with van der Waals surface area (Å²) < 4.78 is 7.25. The maximum Gasteiger partial charge on any atom is 0.349 e. The number of benzene rings is 2. The summed E-state index contributed by atoms with van der Waals surface area (Å²) in [6.45, 7) is 3.90. The Hall–Kier alpha value is -3.84. The fraction of sp³-hybridized carbons (Fsp3) is 0.276. The molecule has 0 radical (unpaired) electrons. The van der Waals surface area contributed by atoms with Crippen molar-refractivity contribution >= 4 is 34.7 Å². The molecule has 1 aliphatic rings. The van der Waals surface area contributed by atoms with Gasteiger partial charge in [-0.3, -0.25) is 9.78 Å². The first-order chi connectivity index (χ1) is 18.7. The first kappa shape index (κ1) is 28.2. The Labute approximate surface area is 235 Å². The fourth-order valence-corrected chi connectivity index (χ4v) is 4.95. The van der Waals surface area contributed by atoms with Crippen LogP contribution in [0.2, 0.25) is 10.0 Å². The Morgan fingerprint density at radius 2 is 1.85 bits per heavy atom. The highest BCUT2D eigenvalue weighted by Crippen LogP contribution is 2.38. The molecule has 1 heterocycles. The number of hydrogen-bond donors (Lipinski definition) is 2. The molecule has 202 valence electrons. The average Bonchev–Trinajstić information content (AvgIpc) is 2.93. The number of nitrogens with zero attached hydrogens (tertiary/aromatic N) is 2. The van der Waals surface area contributed by atoms with Gasteiger partial charge in [0.05, 0.1) is 15.7 Å². The van der Waals surface area contributed by atoms with Crippen LogP contribution >= 0.6 is 23.2 Å². The Morgan fingerprint density at radius 3 is 2.46 bits per heavy atom. The van der Waals surface area contributed by atoms with Gasteiger partial charge in [-0.25, -0.2) is 9.59 Å². The van der Waals surface area contributed by atoms with Crippen LogP contribution in [0.4, 0.5) is 0 Å². The van der Waals surface area contributed by atoms with Gasteiger partial charge in [0.2, 0.25) is 0 Å². The lowest BCUT2D eigenvalue weighted by atomic mass is 9.88. The van der Waals surface area contributed by atoms with Gasteiger partial charge in [0, 0.05) is 12.6 Å². The molecular weight excluding hydrogens is 539 g/mol. The molecule has 4 rings (SSSR count). The quantitative estimate of drug-likeness (QED) is 0.221. The minimum absolute atomic E-state index is 0.127. The van der Waals surface area contributed by atoms with E-state index < -0.39 is 11.2 Å². The minimum Gasteiger partial charge on any atom is -0.454 e. The molecule has 1 aliphatic carbocycles. The van der Waals surface area contributed by atoms with Crippen molar-refractivity contribution in [2.24, 2.45) is 0 Å². The van der Waals surface area contributed by atoms with Crippen LogP contribution in [0.15, 0.2) is 69.2 Å². The average molecular weight is 567 g/mol. The molecule has 0 fully saturated rings. The van der Waals surface area contributed by atoms with Gasteiger partial charge in [0.25, 0.3) is 5.56 Å². The number of aromatic nitrogens is 3. The third kappa shape index (κ3) is 6.25. The number of ether oxygens (including phenoxy) is 1. The Bertz CT molecular complexity index is 1620. The van der Waals surface area contributed by atoms with E-state index in [2.05, 4.69) is 27.5 Å². The van der Waals surface area contributed by atoms with Crippen molar-refractivity contribution < 1.29 is 9.53 Å². The van der Waals surface area contributed by atoms with Gasteiger partial charge in [-0.2, -0.15) is 9.78 Å². The maximum absolute atomic E-state index is 12.2. The van der Waals surface area contributed by atoms with Crippen LogP contribution in [-0.2, 0) is 17.6 Å². The lowest BCUT2D eigenvalue weighted by Gasteiger charge is -2.19. The normalized spacial score (nSPS) is 13.7. The number of carbonyl (C=O) groups excluding carboxylic acids is 1. The van der Waals surface area contributed by atoms with E-state index in [0.29, 0.717) is 17.8 Å². The number of nitrogens with one attached hydrogen (secondary N) is 2. The molecule has 0 aliphatic heterocycles. The van der Waals surface area contributed by atoms with Crippen LogP contribution < -0.4 is 21.3 Å². The molecule has 1 aromatic heterocycles. The molecule has 0 saturated carbocycles. The molecule has 39 heavy (non-hydrogen) atoms. The predicted octanol–water partition coefficient (Wildman–Crippen LogP) is 5.19. The van der Waals surface area contributed by atoms with Gasteiger partial charge in [-0.1, -0.05) is 48.3 Å². The molecule has 0 saturated heterocycles. The van der Waals surface area contributed by atoms with Crippen LogP contribution in [-0.4, -0.2) is 27.8 Å². The van der Waals surface area contributed by atoms with Crippen LogP contribution in [0.25, 0.3) is 11.3 Å². The molecule has 2 N–H and O–H groups in total. The van der Waals surface area contributed by atoms with Crippen molar-refractivity contribution in [3.8, 4) is 11.4 Å². The standard InChI is InChI=1S/C29H28Cl2N4O4/c1-4-17(2)26(14-22(25(16-36)32-3)20-10-9-18-7-5-6-8-19(18)11-20)39-28-23(30)12-21(13-24(28)31)35-29(38)34-27(37)15-33-35/h9-15,32H,4-8H2,1-3H3,(H,34,37,38)/b22-14-,26-17?. The fourth-order valence-electron chi connectivity index (χ4n) is 4.40. The molecule has 0 bridgehead atoms. The second-order valence-electron chi connectivity index (χ2n) is 9.17. The monoisotopic (exact) mass is 566 g/mol. The molecule has 0 amide bonds. The summed E-state index contributed by atoms with van der Waals surface area (Å²) >= 11 is 13.1. The molecule has 0 unspecified atom stereocenters. The summed E-state index contributed by atoms with van der Waals surface area (Å²) in [4.78, 5) is 37.6. The van der Waals surface area contributed by atoms with E-state index in [4.69, 9.17) is 27.9 Å². The first-order valence-electron chi connectivity index (χ1n) is 12.6. The highest BCUT2D eigenvalue weighted by Gasteiger charge is 2.18. The topological polar surface area (TPSA) is 106 Å². The lowest BCUT2D eigenvalue weighted by Crippen LogP contribution is -2.30. The summed E-state index contributed by atoms with van der Waals surface area (Å²) in [5, 5.41) is 7.04. The third-order valence-corrected chi connectivity index (χ3v) is 7.22. The van der Waals surface area contributed by atoms with Crippen LogP contribution in [0.1, 0.15) is 49.8 Å². The zero-order valence-corrected chi connectivity index (χ0v) is 23.4. The zero-order chi connectivity index (χ0) is 28.1. The van der Waals surface area contributed by atoms with E-state index in [1.54, 1.807) is 13.1 Å². The van der Waals surface area contributed by atoms with Crippen molar-refractivity contribution in [1.29, 1.82) is 0 Å². The van der Waals surface area contributed by atoms with Gasteiger partial charge in [-0.05, 0) is 79.5 Å². The van der Waals surface area contributed by atoms with Gasteiger partial charge in [0.15, 0.2) is 11.7 Å². The third-order valence-electron chi connectivity index (χ3n) is 6.66. The van der Waals surface area contributed by atoms with Crippen molar-refractivity contribution in [3.63, 3.8) is 0 Å². The number of halogens is 2. The van der Waals surface area contributed by atoms with Crippen molar-refractivity contribution in [3.05, 3.63) is 107 Å². The number of likely N-dealkylation sites (N-methyl/N-ethyl adjacent to an activating group) is 1. The van der Waals surface area contributed by atoms with Gasteiger partial charge in [0.1, 0.15) is 17.7 Å². The number of rotatable bonds is 8. The number of aromatic amines is 1. The molecule has 2 aromatic carbocycles. The molecule has 0 atom stereocenters. The van der Waals surface area contributed by atoms with Crippen molar-refractivity contribution in [1.82, 2.24) is 20.1 Å². The summed E-state index contributed by atoms with van der Waals surface area (Å²) in [5.74, 6) is 2.64. The molecular formula is C29H28Cl2N4O4. The van der Waals surface area contributed by atoms with Crippen LogP contribution in [0, 0.1) is 0 Å². The summed E-state index contributed by atoms with van der Waals surface area (Å²) in [7, 11) is 1.67. The molecule has 10 heteroatoms. The first-order valence-corrected chi connectivity index (χ1v) is 13.3. The predicted molar refractivity (Wildman–Crippen MR) is 153 cm³/mol. The van der Waals surface area contributed by atoms with Crippen LogP contribution in [0.5, 0.6) is 5.75 Å². The van der Waals surface area contributed by atoms with Gasteiger partial charge < -0.3 is 10.1 Å². The lowest BCUT2D eigenvalue weighted by molar-refractivity contribution is 0.436. The maximum atomic E-state index is 12.2. The Balaban J connectivity index is 1.80. The summed E-state index contributed by atoms with van der Waals surface area (Å²) in [5.41, 5.74) is 4.17. The number of allylic oxidation sites excluding steroid dienone is 3. The highest BCUT2D eigenvalue weighted by atomic mass is 35.5. The number of H-pyrrole nitrogens is 1. The van der Waals surface area contributed by atoms with Crippen molar-refractivity contribution in [2.75, 3.05) is 7.05 Å². The molecule has 3 aromatic rings. The highest BCUT2D eigenvalue weighted by molar-refractivity contribution is 6.37. The zero-order valence-electron chi connectivity index (χ0n) is 21.9. The number of aryl methyl sites for hydroxylation is 2. The minimum atomic E-state index is -0.733. The second-order valence-corrected chi connectivity index (χ2v) is 9.98. The number of fused-ring (bicyclic) bond motifs is 1. The van der Waals surface area contributed by atoms with Crippen molar-refractivity contribution in [2.45, 2.75) is 46.0 Å². The largest absolute Gasteiger partial charge is 0.454 e. The van der Waals surface area contributed by atoms with E-state index >= 15 is 0 Å². The second kappa shape index (κ2) is 12.3. The van der Waals surface area contributed by atoms with E-state index in [0.717, 1.165) is 41.3 Å². The number of hydrogen-bond acceptors (Lipinski definition) is 6. The van der Waals surface area contributed by atoms with Gasteiger partial charge >= 0.3 is 5.69 Å². The Morgan fingerprint density at radius 1 is 1.15 bits per heavy atom. The van der Waals surface area contributed by atoms with E-state index in [9.17, 15) is 14.4 Å². The molecule has 8 nitrogen and oxygen atoms in total. The van der Waals surface area contributed by atoms with Crippen LogP contribution in [0.3, 0.4) is 0 Å². The SMILES string of the molecule is CCC(C)=C(/C=C(\C(=C=O)NC)c1ccc2c(c1)CCCC2)Oc1c(Cl)cc(-n2ncc(=O)[nH]c2=O)cc1Cl. The molecule has 0 spiro atoms. The smallest absolute Gasteiger partial charge is 0.349 e.